The predicted molar refractivity (Wildman–Crippen MR) is 70.9 cm³/mol. The second-order valence-electron chi connectivity index (χ2n) is 4.15. The zero-order valence-corrected chi connectivity index (χ0v) is 10.3. The highest BCUT2D eigenvalue weighted by molar-refractivity contribution is 6.04. The first-order chi connectivity index (χ1) is 9.22. The van der Waals surface area contributed by atoms with E-state index in [4.69, 9.17) is 4.42 Å². The lowest BCUT2D eigenvalue weighted by molar-refractivity contribution is 0.0998. The summed E-state index contributed by atoms with van der Waals surface area (Å²) in [5.74, 6) is 0.314. The molecule has 0 spiro atoms. The Hall–Kier alpha value is -2.69. The first-order valence-electron chi connectivity index (χ1n) is 5.81. The minimum atomic E-state index is -0.339. The van der Waals surface area contributed by atoms with E-state index in [0.717, 1.165) is 11.1 Å². The molecule has 0 saturated carbocycles. The van der Waals surface area contributed by atoms with Gasteiger partial charge in [-0.15, -0.1) is 0 Å². The van der Waals surface area contributed by atoms with Gasteiger partial charge in [-0.05, 0) is 19.1 Å². The third-order valence-electron chi connectivity index (χ3n) is 2.67. The third kappa shape index (κ3) is 2.30. The third-order valence-corrected chi connectivity index (χ3v) is 2.67. The van der Waals surface area contributed by atoms with Gasteiger partial charge in [0.25, 0.3) is 5.91 Å². The van der Waals surface area contributed by atoms with Crippen molar-refractivity contribution in [2.45, 2.75) is 6.92 Å². The molecule has 0 fully saturated rings. The number of rotatable bonds is 2. The molecule has 0 aliphatic rings. The minimum Gasteiger partial charge on any atom is -0.451 e. The van der Waals surface area contributed by atoms with Crippen LogP contribution in [0, 0.1) is 6.92 Å². The minimum absolute atomic E-state index is 0.253. The van der Waals surface area contributed by atoms with Crippen LogP contribution in [-0.4, -0.2) is 15.9 Å². The van der Waals surface area contributed by atoms with Crippen molar-refractivity contribution in [1.29, 1.82) is 0 Å². The summed E-state index contributed by atoms with van der Waals surface area (Å²) in [7, 11) is 0. The lowest BCUT2D eigenvalue weighted by Gasteiger charge is -2.01. The normalized spacial score (nSPS) is 10.6. The number of hydrogen-bond donors (Lipinski definition) is 1. The zero-order chi connectivity index (χ0) is 13.2. The molecule has 1 amide bonds. The summed E-state index contributed by atoms with van der Waals surface area (Å²) in [5, 5.41) is 3.53. The number of fused-ring (bicyclic) bond motifs is 1. The Morgan fingerprint density at radius 2 is 2.05 bits per heavy atom. The van der Waals surface area contributed by atoms with Crippen LogP contribution in [0.4, 0.5) is 5.82 Å². The van der Waals surface area contributed by atoms with Gasteiger partial charge in [-0.3, -0.25) is 9.78 Å². The number of nitrogens with one attached hydrogen (secondary N) is 1. The Kier molecular flexibility index (Phi) is 2.72. The van der Waals surface area contributed by atoms with E-state index in [1.807, 2.05) is 31.2 Å². The van der Waals surface area contributed by atoms with Gasteiger partial charge in [0.1, 0.15) is 5.58 Å². The molecule has 5 heteroatoms. The fourth-order valence-electron chi connectivity index (χ4n) is 1.73. The molecule has 2 heterocycles. The average molecular weight is 253 g/mol. The molecule has 3 aromatic rings. The van der Waals surface area contributed by atoms with Crippen molar-refractivity contribution in [2.75, 3.05) is 5.32 Å². The van der Waals surface area contributed by atoms with Crippen LogP contribution in [0.5, 0.6) is 0 Å². The fourth-order valence-corrected chi connectivity index (χ4v) is 1.73. The second kappa shape index (κ2) is 4.53. The molecule has 1 N–H and O–H groups in total. The molecule has 94 valence electrons. The van der Waals surface area contributed by atoms with Crippen molar-refractivity contribution < 1.29 is 9.21 Å². The number of para-hydroxylation sites is 1. The number of anilines is 1. The highest BCUT2D eigenvalue weighted by Gasteiger charge is 2.12. The standard InChI is InChI=1S/C14H11N3O2/c1-9-7-16-13(8-15-9)17-14(18)12-6-10-4-2-3-5-11(10)19-12/h2-8H,1H3,(H,16,17,18). The number of carbonyl (C=O) groups is 1. The molecular weight excluding hydrogens is 242 g/mol. The topological polar surface area (TPSA) is 68.0 Å². The van der Waals surface area contributed by atoms with Crippen LogP contribution in [0.15, 0.2) is 47.1 Å². The van der Waals surface area contributed by atoms with E-state index in [2.05, 4.69) is 15.3 Å². The number of hydrogen-bond acceptors (Lipinski definition) is 4. The van der Waals surface area contributed by atoms with Crippen molar-refractivity contribution in [3.05, 3.63) is 54.2 Å². The fraction of sp³-hybridized carbons (Fsp3) is 0.0714. The Morgan fingerprint density at radius 1 is 1.21 bits per heavy atom. The van der Waals surface area contributed by atoms with Gasteiger partial charge >= 0.3 is 0 Å². The van der Waals surface area contributed by atoms with E-state index < -0.39 is 0 Å². The maximum absolute atomic E-state index is 12.0. The second-order valence-corrected chi connectivity index (χ2v) is 4.15. The van der Waals surface area contributed by atoms with Gasteiger partial charge in [-0.25, -0.2) is 4.98 Å². The number of carbonyl (C=O) groups excluding carboxylic acids is 1. The van der Waals surface area contributed by atoms with E-state index in [-0.39, 0.29) is 11.7 Å². The van der Waals surface area contributed by atoms with Gasteiger partial charge in [-0.2, -0.15) is 0 Å². The largest absolute Gasteiger partial charge is 0.451 e. The summed E-state index contributed by atoms with van der Waals surface area (Å²) in [5.41, 5.74) is 1.48. The van der Waals surface area contributed by atoms with Crippen molar-refractivity contribution >= 4 is 22.7 Å². The maximum Gasteiger partial charge on any atom is 0.292 e. The molecule has 0 unspecified atom stereocenters. The van der Waals surface area contributed by atoms with Crippen LogP contribution in [0.25, 0.3) is 11.0 Å². The van der Waals surface area contributed by atoms with E-state index in [1.165, 1.54) is 6.20 Å². The first kappa shape index (κ1) is 11.4. The maximum atomic E-state index is 12.0. The van der Waals surface area contributed by atoms with Gasteiger partial charge in [0.2, 0.25) is 0 Å². The van der Waals surface area contributed by atoms with Crippen LogP contribution < -0.4 is 5.32 Å². The lowest BCUT2D eigenvalue weighted by Crippen LogP contribution is -2.12. The number of aryl methyl sites for hydroxylation is 1. The molecule has 3 rings (SSSR count). The van der Waals surface area contributed by atoms with E-state index in [0.29, 0.717) is 11.4 Å². The average Bonchev–Trinajstić information content (AvgIpc) is 2.85. The first-order valence-corrected chi connectivity index (χ1v) is 5.81. The highest BCUT2D eigenvalue weighted by atomic mass is 16.3. The summed E-state index contributed by atoms with van der Waals surface area (Å²) >= 11 is 0. The summed E-state index contributed by atoms with van der Waals surface area (Å²) < 4.78 is 5.47. The molecule has 0 aliphatic heterocycles. The van der Waals surface area contributed by atoms with Gasteiger partial charge in [0, 0.05) is 5.39 Å². The number of furan rings is 1. The predicted octanol–water partition coefficient (Wildman–Crippen LogP) is 2.78. The number of nitrogens with zero attached hydrogens (tertiary/aromatic N) is 2. The SMILES string of the molecule is Cc1cnc(NC(=O)c2cc3ccccc3o2)cn1. The van der Waals surface area contributed by atoms with Crippen molar-refractivity contribution in [3.63, 3.8) is 0 Å². The molecule has 0 saturated heterocycles. The number of benzene rings is 1. The van der Waals surface area contributed by atoms with E-state index in [9.17, 15) is 4.79 Å². The summed E-state index contributed by atoms with van der Waals surface area (Å²) in [6, 6.07) is 9.16. The molecule has 19 heavy (non-hydrogen) atoms. The number of aromatic nitrogens is 2. The smallest absolute Gasteiger partial charge is 0.292 e. The van der Waals surface area contributed by atoms with Crippen LogP contribution >= 0.6 is 0 Å². The van der Waals surface area contributed by atoms with Crippen LogP contribution in [-0.2, 0) is 0 Å². The van der Waals surface area contributed by atoms with Crippen molar-refractivity contribution in [2.24, 2.45) is 0 Å². The van der Waals surface area contributed by atoms with E-state index >= 15 is 0 Å². The Bertz CT molecular complexity index is 699. The van der Waals surface area contributed by atoms with Crippen LogP contribution in [0.1, 0.15) is 16.2 Å². The zero-order valence-electron chi connectivity index (χ0n) is 10.3. The van der Waals surface area contributed by atoms with E-state index in [1.54, 1.807) is 12.3 Å². The van der Waals surface area contributed by atoms with Gasteiger partial charge in [0.15, 0.2) is 11.6 Å². The Morgan fingerprint density at radius 3 is 2.79 bits per heavy atom. The molecule has 2 aromatic heterocycles. The summed E-state index contributed by atoms with van der Waals surface area (Å²) in [6.07, 6.45) is 3.10. The summed E-state index contributed by atoms with van der Waals surface area (Å²) in [4.78, 5) is 20.1. The molecular formula is C14H11N3O2. The van der Waals surface area contributed by atoms with Crippen LogP contribution in [0.3, 0.4) is 0 Å². The van der Waals surface area contributed by atoms with Crippen molar-refractivity contribution in [1.82, 2.24) is 9.97 Å². The van der Waals surface area contributed by atoms with Gasteiger partial charge in [-0.1, -0.05) is 18.2 Å². The number of amides is 1. The quantitative estimate of drug-likeness (QED) is 0.762. The lowest BCUT2D eigenvalue weighted by atomic mass is 10.2. The summed E-state index contributed by atoms with van der Waals surface area (Å²) in [6.45, 7) is 1.83. The Balaban J connectivity index is 1.85. The van der Waals surface area contributed by atoms with Gasteiger partial charge in [0.05, 0.1) is 18.1 Å². The van der Waals surface area contributed by atoms with Crippen molar-refractivity contribution in [3.8, 4) is 0 Å². The van der Waals surface area contributed by atoms with Gasteiger partial charge < -0.3 is 9.73 Å². The molecule has 0 atom stereocenters. The highest BCUT2D eigenvalue weighted by Crippen LogP contribution is 2.19. The molecule has 0 bridgehead atoms. The Labute approximate surface area is 109 Å². The molecule has 1 aromatic carbocycles. The monoisotopic (exact) mass is 253 g/mol. The molecule has 0 aliphatic carbocycles. The molecule has 0 radical (unpaired) electrons. The molecule has 5 nitrogen and oxygen atoms in total. The van der Waals surface area contributed by atoms with Crippen LogP contribution in [0.2, 0.25) is 0 Å².